The number of benzene rings is 1. The Morgan fingerprint density at radius 2 is 1.31 bits per heavy atom. The third kappa shape index (κ3) is 5.76. The maximum absolute atomic E-state index is 10.0. The number of aliphatic hydroxyl groups is 1. The van der Waals surface area contributed by atoms with E-state index in [4.69, 9.17) is 5.11 Å². The molecule has 4 rings (SSSR count). The van der Waals surface area contributed by atoms with E-state index < -0.39 is 0 Å². The largest absolute Gasteiger partial charge is 0.512 e. The summed E-state index contributed by atoms with van der Waals surface area (Å²) in [4.78, 5) is 23.0. The summed E-state index contributed by atoms with van der Waals surface area (Å²) in [6, 6.07) is 20.0. The van der Waals surface area contributed by atoms with Gasteiger partial charge in [0, 0.05) is 38.6 Å². The monoisotopic (exact) mass is 564 g/mol. The molecule has 148 valence electrons. The molecule has 29 heavy (non-hydrogen) atoms. The number of ketones is 1. The van der Waals surface area contributed by atoms with Gasteiger partial charge in [0.2, 0.25) is 0 Å². The Labute approximate surface area is 184 Å². The zero-order valence-corrected chi connectivity index (χ0v) is 18.5. The number of rotatable bonds is 3. The molecule has 0 atom stereocenters. The van der Waals surface area contributed by atoms with Crippen LogP contribution >= 0.6 is 0 Å². The van der Waals surface area contributed by atoms with E-state index in [0.29, 0.717) is 0 Å². The predicted octanol–water partition coefficient (Wildman–Crippen LogP) is 4.34. The topological polar surface area (TPSA) is 69.6 Å². The van der Waals surface area contributed by atoms with Crippen molar-refractivity contribution in [3.8, 4) is 0 Å². The fourth-order valence-electron chi connectivity index (χ4n) is 2.76. The second-order valence-electron chi connectivity index (χ2n) is 6.12. The van der Waals surface area contributed by atoms with Gasteiger partial charge in [0.25, 0.3) is 0 Å². The second kappa shape index (κ2) is 10.6. The van der Waals surface area contributed by atoms with Crippen molar-refractivity contribution in [2.45, 2.75) is 13.8 Å². The van der Waals surface area contributed by atoms with Gasteiger partial charge < -0.3 is 14.7 Å². The van der Waals surface area contributed by atoms with Crippen LogP contribution in [0.15, 0.2) is 84.9 Å². The average molecular weight is 563 g/mol. The number of fused-ring (bicyclic) bond motifs is 1. The van der Waals surface area contributed by atoms with Gasteiger partial charge in [0.15, 0.2) is 5.78 Å². The van der Waals surface area contributed by atoms with Crippen molar-refractivity contribution in [3.05, 3.63) is 84.9 Å². The summed E-state index contributed by atoms with van der Waals surface area (Å²) >= 11 is 0. The average Bonchev–Trinajstić information content (AvgIpc) is 3.09. The van der Waals surface area contributed by atoms with Crippen molar-refractivity contribution in [2.75, 3.05) is 9.62 Å². The van der Waals surface area contributed by atoms with Crippen molar-refractivity contribution < 1.29 is 30.0 Å². The number of hydrogen-bond donors (Lipinski definition) is 1. The maximum Gasteiger partial charge on any atom is 0.403 e. The molecule has 6 nitrogen and oxygen atoms in total. The minimum Gasteiger partial charge on any atom is -0.512 e. The van der Waals surface area contributed by atoms with Gasteiger partial charge in [-0.2, -0.15) is 0 Å². The van der Waals surface area contributed by atoms with E-state index in [2.05, 4.69) is 31.7 Å². The van der Waals surface area contributed by atoms with E-state index in [1.54, 1.807) is 12.4 Å². The quantitative estimate of drug-likeness (QED) is 0.291. The number of anilines is 4. The number of allylic oxidation sites excluding steroid dienone is 2. The second-order valence-corrected chi connectivity index (χ2v) is 6.12. The number of para-hydroxylation sites is 2. The zero-order valence-electron chi connectivity index (χ0n) is 16.1. The van der Waals surface area contributed by atoms with Crippen molar-refractivity contribution >= 4 is 36.3 Å². The van der Waals surface area contributed by atoms with Crippen LogP contribution in [0.2, 0.25) is 0 Å². The van der Waals surface area contributed by atoms with E-state index in [1.807, 2.05) is 56.1 Å². The van der Waals surface area contributed by atoms with Gasteiger partial charge in [-0.05, 0) is 50.2 Å². The standard InChI is InChI=1S/C16H12BN4.C5H8O2.Ir/c1-2-8-14-13(7-1)20(15-9-3-5-11-18-15)17-21(14)16-10-4-6-12-19-16;1-4(6)3-5(2)7;/h1-12H;3,6H,1-2H3;. The first kappa shape index (κ1) is 22.3. The fourth-order valence-corrected chi connectivity index (χ4v) is 2.76. The Bertz CT molecular complexity index is 902. The number of pyridine rings is 2. The number of aromatic nitrogens is 2. The van der Waals surface area contributed by atoms with E-state index >= 15 is 0 Å². The van der Waals surface area contributed by atoms with E-state index in [-0.39, 0.29) is 31.6 Å². The first-order chi connectivity index (χ1) is 13.6. The van der Waals surface area contributed by atoms with Crippen LogP contribution in [-0.2, 0) is 24.9 Å². The predicted molar refractivity (Wildman–Crippen MR) is 112 cm³/mol. The summed E-state index contributed by atoms with van der Waals surface area (Å²) in [7, 11) is 2.02. The maximum atomic E-state index is 10.0. The molecule has 0 bridgehead atoms. The van der Waals surface area contributed by atoms with Crippen molar-refractivity contribution in [3.63, 3.8) is 0 Å². The minimum atomic E-state index is -0.125. The summed E-state index contributed by atoms with van der Waals surface area (Å²) < 4.78 is 0. The van der Waals surface area contributed by atoms with E-state index in [9.17, 15) is 4.79 Å². The van der Waals surface area contributed by atoms with E-state index in [0.717, 1.165) is 23.0 Å². The molecule has 0 fully saturated rings. The summed E-state index contributed by atoms with van der Waals surface area (Å²) in [5, 5.41) is 8.36. The van der Waals surface area contributed by atoms with Gasteiger partial charge in [-0.25, -0.2) is 9.97 Å². The molecule has 0 spiro atoms. The Morgan fingerprint density at radius 3 is 1.62 bits per heavy atom. The van der Waals surface area contributed by atoms with Crippen LogP contribution in [0.4, 0.5) is 23.0 Å². The first-order valence-electron chi connectivity index (χ1n) is 8.78. The molecule has 0 unspecified atom stereocenters. The third-order valence-electron chi connectivity index (χ3n) is 3.84. The van der Waals surface area contributed by atoms with Crippen LogP contribution in [0.3, 0.4) is 0 Å². The van der Waals surface area contributed by atoms with Gasteiger partial charge in [-0.1, -0.05) is 24.3 Å². The Balaban J connectivity index is 0.000000327. The number of nitrogens with zero attached hydrogens (tertiary/aromatic N) is 4. The van der Waals surface area contributed by atoms with Crippen LogP contribution in [0, 0.1) is 0 Å². The van der Waals surface area contributed by atoms with Crippen LogP contribution in [-0.4, -0.2) is 28.4 Å². The number of hydrogen-bond acceptors (Lipinski definition) is 6. The van der Waals surface area contributed by atoms with Gasteiger partial charge in [0.1, 0.15) is 11.6 Å². The van der Waals surface area contributed by atoms with Crippen LogP contribution in [0.1, 0.15) is 13.8 Å². The zero-order chi connectivity index (χ0) is 19.9. The molecule has 0 aliphatic carbocycles. The van der Waals surface area contributed by atoms with Crippen molar-refractivity contribution in [1.29, 1.82) is 0 Å². The Morgan fingerprint density at radius 1 is 0.862 bits per heavy atom. The van der Waals surface area contributed by atoms with Gasteiger partial charge >= 0.3 is 7.55 Å². The summed E-state index contributed by atoms with van der Waals surface area (Å²) in [5.41, 5.74) is 2.20. The molecule has 1 aromatic carbocycles. The van der Waals surface area contributed by atoms with Crippen LogP contribution in [0.25, 0.3) is 0 Å². The molecule has 3 heterocycles. The molecule has 0 amide bonds. The van der Waals surface area contributed by atoms with E-state index in [1.165, 1.54) is 19.9 Å². The number of carbonyl (C=O) groups is 1. The summed E-state index contributed by atoms with van der Waals surface area (Å²) in [6.07, 6.45) is 4.77. The number of carbonyl (C=O) groups excluding carboxylic acids is 1. The van der Waals surface area contributed by atoms with Gasteiger partial charge in [-0.3, -0.25) is 4.79 Å². The molecule has 0 saturated heterocycles. The molecular weight excluding hydrogens is 543 g/mol. The molecule has 2 aromatic heterocycles. The fraction of sp³-hybridized carbons (Fsp3) is 0.0952. The third-order valence-corrected chi connectivity index (χ3v) is 3.84. The molecule has 1 aliphatic heterocycles. The SMILES string of the molecule is CC(=O)C=C(C)O.[B]1N(c2ccccn2)c2ccccc2N1c1ccccn1.[Ir]. The van der Waals surface area contributed by atoms with Crippen LogP contribution in [0.5, 0.6) is 0 Å². The Kier molecular flexibility index (Phi) is 8.13. The van der Waals surface area contributed by atoms with Crippen LogP contribution < -0.4 is 9.62 Å². The Hall–Kier alpha value is -2.96. The normalized spacial score (nSPS) is 12.1. The molecule has 0 saturated carbocycles. The smallest absolute Gasteiger partial charge is 0.403 e. The summed E-state index contributed by atoms with van der Waals surface area (Å²) in [5.74, 6) is 1.72. The molecule has 1 N–H and O–H groups in total. The first-order valence-corrected chi connectivity index (χ1v) is 8.78. The van der Waals surface area contributed by atoms with Crippen molar-refractivity contribution in [2.24, 2.45) is 0 Å². The minimum absolute atomic E-state index is 0. The molecule has 8 heteroatoms. The molecular formula is C21H20BIrN4O2. The summed E-state index contributed by atoms with van der Waals surface area (Å²) in [6.45, 7) is 2.85. The van der Waals surface area contributed by atoms with Crippen molar-refractivity contribution in [1.82, 2.24) is 9.97 Å². The molecule has 1 aliphatic rings. The molecule has 2 radical (unpaired) electrons. The van der Waals surface area contributed by atoms with Gasteiger partial charge in [-0.15, -0.1) is 0 Å². The number of aliphatic hydroxyl groups excluding tert-OH is 1. The molecule has 3 aromatic rings. The van der Waals surface area contributed by atoms with Gasteiger partial charge in [0.05, 0.1) is 17.1 Å².